The van der Waals surface area contributed by atoms with E-state index in [9.17, 15) is 9.59 Å². The zero-order chi connectivity index (χ0) is 14.0. The Morgan fingerprint density at radius 3 is 2.53 bits per heavy atom. The molecular weight excluding hydrogens is 310 g/mol. The summed E-state index contributed by atoms with van der Waals surface area (Å²) in [5.74, 6) is -0.209. The van der Waals surface area contributed by atoms with Gasteiger partial charge >= 0.3 is 6.03 Å². The Morgan fingerprint density at radius 1 is 1.32 bits per heavy atom. The quantitative estimate of drug-likeness (QED) is 0.865. The Morgan fingerprint density at radius 2 is 2.00 bits per heavy atom. The maximum absolute atomic E-state index is 12.0. The molecule has 6 heteroatoms. The van der Waals surface area contributed by atoms with Crippen molar-refractivity contribution in [1.82, 2.24) is 15.2 Å². The number of rotatable bonds is 4. The standard InChI is InChI=1S/C13H16BrN3O2/c1-3-13(4-2)11(18)16-12(19)17(13)8-10-6-5-9(14)7-15-10/h5-7H,3-4,8H2,1-2H3,(H,16,18,19). The number of urea groups is 1. The number of nitrogens with zero attached hydrogens (tertiary/aromatic N) is 2. The van der Waals surface area contributed by atoms with Gasteiger partial charge < -0.3 is 4.90 Å². The van der Waals surface area contributed by atoms with Gasteiger partial charge in [-0.1, -0.05) is 13.8 Å². The number of carbonyl (C=O) groups excluding carboxylic acids is 2. The molecule has 1 saturated heterocycles. The van der Waals surface area contributed by atoms with Crippen LogP contribution in [0.1, 0.15) is 32.4 Å². The minimum atomic E-state index is -0.744. The Labute approximate surface area is 120 Å². The lowest BCUT2D eigenvalue weighted by Crippen LogP contribution is -2.48. The van der Waals surface area contributed by atoms with Gasteiger partial charge in [0.2, 0.25) is 0 Å². The monoisotopic (exact) mass is 325 g/mol. The van der Waals surface area contributed by atoms with Crippen molar-refractivity contribution in [2.24, 2.45) is 0 Å². The summed E-state index contributed by atoms with van der Waals surface area (Å²) in [6, 6.07) is 3.38. The summed E-state index contributed by atoms with van der Waals surface area (Å²) in [6.45, 7) is 4.18. The number of hydrogen-bond donors (Lipinski definition) is 1. The van der Waals surface area contributed by atoms with Crippen LogP contribution in [0.4, 0.5) is 4.79 Å². The highest BCUT2D eigenvalue weighted by Gasteiger charge is 2.50. The third kappa shape index (κ3) is 2.36. The molecule has 0 unspecified atom stereocenters. The fourth-order valence-electron chi connectivity index (χ4n) is 2.44. The summed E-state index contributed by atoms with van der Waals surface area (Å²) in [5, 5.41) is 2.40. The van der Waals surface area contributed by atoms with Crippen LogP contribution in [0.2, 0.25) is 0 Å². The number of hydrogen-bond acceptors (Lipinski definition) is 3. The largest absolute Gasteiger partial charge is 0.325 e. The summed E-state index contributed by atoms with van der Waals surface area (Å²) in [7, 11) is 0. The van der Waals surface area contributed by atoms with Crippen molar-refractivity contribution in [2.45, 2.75) is 38.8 Å². The van der Waals surface area contributed by atoms with Crippen LogP contribution in [0, 0.1) is 0 Å². The third-order valence-electron chi connectivity index (χ3n) is 3.68. The summed E-state index contributed by atoms with van der Waals surface area (Å²) in [6.07, 6.45) is 2.87. The van der Waals surface area contributed by atoms with Crippen LogP contribution in [-0.2, 0) is 11.3 Å². The van der Waals surface area contributed by atoms with Crippen LogP contribution in [0.25, 0.3) is 0 Å². The molecule has 3 amide bonds. The van der Waals surface area contributed by atoms with E-state index in [0.717, 1.165) is 10.2 Å². The molecule has 1 aliphatic rings. The molecule has 102 valence electrons. The molecule has 0 saturated carbocycles. The molecule has 1 aromatic heterocycles. The second kappa shape index (κ2) is 5.28. The van der Waals surface area contributed by atoms with Gasteiger partial charge in [-0.3, -0.25) is 15.1 Å². The first-order valence-electron chi connectivity index (χ1n) is 6.27. The predicted molar refractivity (Wildman–Crippen MR) is 74.3 cm³/mol. The van der Waals surface area contributed by atoms with Gasteiger partial charge in [-0.25, -0.2) is 4.79 Å². The Hall–Kier alpha value is -1.43. The first kappa shape index (κ1) is 14.0. The van der Waals surface area contributed by atoms with Crippen LogP contribution in [0.3, 0.4) is 0 Å². The number of nitrogens with one attached hydrogen (secondary N) is 1. The minimum Gasteiger partial charge on any atom is -0.304 e. The molecule has 5 nitrogen and oxygen atoms in total. The molecule has 1 N–H and O–H groups in total. The lowest BCUT2D eigenvalue weighted by molar-refractivity contribution is -0.127. The van der Waals surface area contributed by atoms with E-state index in [4.69, 9.17) is 0 Å². The average molecular weight is 326 g/mol. The van der Waals surface area contributed by atoms with Gasteiger partial charge in [0, 0.05) is 10.7 Å². The Bertz CT molecular complexity index is 497. The Balaban J connectivity index is 2.28. The van der Waals surface area contributed by atoms with Crippen molar-refractivity contribution in [3.63, 3.8) is 0 Å². The SMILES string of the molecule is CCC1(CC)C(=O)NC(=O)N1Cc1ccc(Br)cn1. The molecule has 1 fully saturated rings. The molecule has 1 aromatic rings. The van der Waals surface area contributed by atoms with Crippen LogP contribution in [0.15, 0.2) is 22.8 Å². The summed E-state index contributed by atoms with van der Waals surface area (Å²) in [4.78, 5) is 29.8. The predicted octanol–water partition coefficient (Wildman–Crippen LogP) is 2.45. The zero-order valence-corrected chi connectivity index (χ0v) is 12.5. The molecule has 0 aliphatic carbocycles. The van der Waals surface area contributed by atoms with E-state index < -0.39 is 5.54 Å². The fourth-order valence-corrected chi connectivity index (χ4v) is 2.67. The van der Waals surface area contributed by atoms with Gasteiger partial charge in [-0.2, -0.15) is 0 Å². The third-order valence-corrected chi connectivity index (χ3v) is 4.15. The molecule has 1 aliphatic heterocycles. The number of halogens is 1. The maximum Gasteiger partial charge on any atom is 0.325 e. The highest BCUT2D eigenvalue weighted by molar-refractivity contribution is 9.10. The molecular formula is C13H16BrN3O2. The van der Waals surface area contributed by atoms with Crippen molar-refractivity contribution in [3.8, 4) is 0 Å². The van der Waals surface area contributed by atoms with E-state index in [2.05, 4.69) is 26.2 Å². The first-order valence-corrected chi connectivity index (χ1v) is 7.06. The van der Waals surface area contributed by atoms with Crippen LogP contribution >= 0.6 is 15.9 Å². The number of aromatic nitrogens is 1. The van der Waals surface area contributed by atoms with E-state index in [0.29, 0.717) is 19.4 Å². The van der Waals surface area contributed by atoms with Crippen molar-refractivity contribution in [3.05, 3.63) is 28.5 Å². The maximum atomic E-state index is 12.0. The first-order chi connectivity index (χ1) is 9.03. The molecule has 0 aromatic carbocycles. The molecule has 19 heavy (non-hydrogen) atoms. The van der Waals surface area contributed by atoms with Gasteiger partial charge in [0.05, 0.1) is 12.2 Å². The molecule has 2 heterocycles. The summed E-state index contributed by atoms with van der Waals surface area (Å²) < 4.78 is 0.885. The average Bonchev–Trinajstić information content (AvgIpc) is 2.64. The van der Waals surface area contributed by atoms with Crippen LogP contribution in [0.5, 0.6) is 0 Å². The van der Waals surface area contributed by atoms with Gasteiger partial charge in [-0.05, 0) is 40.9 Å². The Kier molecular flexibility index (Phi) is 3.89. The van der Waals surface area contributed by atoms with Crippen molar-refractivity contribution in [1.29, 1.82) is 0 Å². The lowest BCUT2D eigenvalue weighted by atomic mass is 9.91. The van der Waals surface area contributed by atoms with E-state index in [-0.39, 0.29) is 11.9 Å². The topological polar surface area (TPSA) is 62.3 Å². The van der Waals surface area contributed by atoms with Gasteiger partial charge in [0.15, 0.2) is 0 Å². The molecule has 0 spiro atoms. The highest BCUT2D eigenvalue weighted by atomic mass is 79.9. The van der Waals surface area contributed by atoms with Crippen molar-refractivity contribution in [2.75, 3.05) is 0 Å². The highest BCUT2D eigenvalue weighted by Crippen LogP contribution is 2.30. The zero-order valence-electron chi connectivity index (χ0n) is 10.9. The van der Waals surface area contributed by atoms with Crippen molar-refractivity contribution < 1.29 is 9.59 Å². The van der Waals surface area contributed by atoms with Crippen LogP contribution < -0.4 is 5.32 Å². The smallest absolute Gasteiger partial charge is 0.304 e. The summed E-state index contributed by atoms with van der Waals surface area (Å²) in [5.41, 5.74) is 0.0191. The number of imide groups is 1. The lowest BCUT2D eigenvalue weighted by Gasteiger charge is -2.33. The van der Waals surface area contributed by atoms with E-state index in [1.54, 1.807) is 11.1 Å². The molecule has 2 rings (SSSR count). The fraction of sp³-hybridized carbons (Fsp3) is 0.462. The van der Waals surface area contributed by atoms with Gasteiger partial charge in [0.25, 0.3) is 5.91 Å². The van der Waals surface area contributed by atoms with Gasteiger partial charge in [-0.15, -0.1) is 0 Å². The normalized spacial score (nSPS) is 17.7. The number of pyridine rings is 1. The van der Waals surface area contributed by atoms with E-state index in [1.165, 1.54) is 0 Å². The van der Waals surface area contributed by atoms with Gasteiger partial charge in [0.1, 0.15) is 5.54 Å². The molecule has 0 radical (unpaired) electrons. The minimum absolute atomic E-state index is 0.209. The van der Waals surface area contributed by atoms with E-state index >= 15 is 0 Å². The second-order valence-electron chi connectivity index (χ2n) is 4.55. The van der Waals surface area contributed by atoms with E-state index in [1.807, 2.05) is 26.0 Å². The molecule has 0 bridgehead atoms. The van der Waals surface area contributed by atoms with Crippen molar-refractivity contribution >= 4 is 27.9 Å². The molecule has 0 atom stereocenters. The summed E-state index contributed by atoms with van der Waals surface area (Å²) >= 11 is 3.32. The second-order valence-corrected chi connectivity index (χ2v) is 5.47. The number of carbonyl (C=O) groups is 2. The number of amides is 3. The van der Waals surface area contributed by atoms with Crippen LogP contribution in [-0.4, -0.2) is 27.4 Å².